The average Bonchev–Trinajstić information content (AvgIpc) is 3.05. The van der Waals surface area contributed by atoms with Crippen LogP contribution in [0.15, 0.2) is 46.9 Å². The van der Waals surface area contributed by atoms with E-state index in [0.717, 1.165) is 0 Å². The number of anilines is 1. The van der Waals surface area contributed by atoms with E-state index in [1.807, 2.05) is 0 Å². The Bertz CT molecular complexity index is 981. The molecule has 1 aliphatic heterocycles. The van der Waals surface area contributed by atoms with Gasteiger partial charge in [-0.15, -0.1) is 0 Å². The summed E-state index contributed by atoms with van der Waals surface area (Å²) in [7, 11) is 0. The number of carbonyl (C=O) groups excluding carboxylic acids is 2. The van der Waals surface area contributed by atoms with Gasteiger partial charge in [0.15, 0.2) is 5.58 Å². The first-order valence-corrected chi connectivity index (χ1v) is 8.32. The van der Waals surface area contributed by atoms with Crippen molar-refractivity contribution in [3.05, 3.63) is 48.3 Å². The quantitative estimate of drug-likeness (QED) is 0.758. The van der Waals surface area contributed by atoms with Crippen LogP contribution in [0.25, 0.3) is 22.6 Å². The highest BCUT2D eigenvalue weighted by molar-refractivity contribution is 5.97. The van der Waals surface area contributed by atoms with Gasteiger partial charge >= 0.3 is 0 Å². The molecule has 1 unspecified atom stereocenters. The van der Waals surface area contributed by atoms with Crippen LogP contribution in [-0.2, 0) is 9.59 Å². The third-order valence-corrected chi connectivity index (χ3v) is 4.36. The van der Waals surface area contributed by atoms with Crippen LogP contribution < -0.4 is 10.6 Å². The van der Waals surface area contributed by atoms with Gasteiger partial charge in [0.05, 0.1) is 0 Å². The van der Waals surface area contributed by atoms with E-state index in [4.69, 9.17) is 4.42 Å². The van der Waals surface area contributed by atoms with Crippen LogP contribution in [0, 0.1) is 11.7 Å². The minimum Gasteiger partial charge on any atom is -0.436 e. The minimum absolute atomic E-state index is 0.106. The van der Waals surface area contributed by atoms with Crippen LogP contribution >= 0.6 is 0 Å². The lowest BCUT2D eigenvalue weighted by atomic mass is 9.96. The molecule has 2 aromatic carbocycles. The number of nitrogens with one attached hydrogen (secondary N) is 2. The molecule has 1 atom stereocenters. The van der Waals surface area contributed by atoms with Gasteiger partial charge in [-0.2, -0.15) is 0 Å². The van der Waals surface area contributed by atoms with Crippen LogP contribution in [0.4, 0.5) is 10.1 Å². The number of nitrogens with zero attached hydrogens (tertiary/aromatic N) is 1. The lowest BCUT2D eigenvalue weighted by Gasteiger charge is -2.21. The summed E-state index contributed by atoms with van der Waals surface area (Å²) in [5.41, 5.74) is 2.40. The van der Waals surface area contributed by atoms with Crippen molar-refractivity contribution < 1.29 is 18.4 Å². The van der Waals surface area contributed by atoms with Crippen LogP contribution in [0.3, 0.4) is 0 Å². The van der Waals surface area contributed by atoms with Gasteiger partial charge in [-0.1, -0.05) is 0 Å². The van der Waals surface area contributed by atoms with E-state index < -0.39 is 0 Å². The average molecular weight is 353 g/mol. The first kappa shape index (κ1) is 16.3. The fourth-order valence-corrected chi connectivity index (χ4v) is 2.97. The molecule has 4 rings (SSSR count). The molecule has 0 aliphatic carbocycles. The molecule has 2 N–H and O–H groups in total. The zero-order valence-corrected chi connectivity index (χ0v) is 13.8. The zero-order valence-electron chi connectivity index (χ0n) is 13.8. The number of benzene rings is 2. The molecule has 26 heavy (non-hydrogen) atoms. The van der Waals surface area contributed by atoms with Crippen LogP contribution in [-0.4, -0.2) is 23.3 Å². The third kappa shape index (κ3) is 3.28. The van der Waals surface area contributed by atoms with Crippen molar-refractivity contribution in [3.63, 3.8) is 0 Å². The fourth-order valence-electron chi connectivity index (χ4n) is 2.97. The number of hydrogen-bond acceptors (Lipinski definition) is 4. The first-order chi connectivity index (χ1) is 12.6. The SMILES string of the molecule is O=C1CC(C(=O)Nc2ccc3nc(-c4ccc(F)cc4)oc3c2)CCN1. The van der Waals surface area contributed by atoms with E-state index >= 15 is 0 Å². The highest BCUT2D eigenvalue weighted by Gasteiger charge is 2.25. The second-order valence-corrected chi connectivity index (χ2v) is 6.24. The van der Waals surface area contributed by atoms with E-state index in [2.05, 4.69) is 15.6 Å². The lowest BCUT2D eigenvalue weighted by Crippen LogP contribution is -2.38. The third-order valence-electron chi connectivity index (χ3n) is 4.36. The van der Waals surface area contributed by atoms with Crippen molar-refractivity contribution in [1.82, 2.24) is 10.3 Å². The van der Waals surface area contributed by atoms with Crippen molar-refractivity contribution in [2.45, 2.75) is 12.8 Å². The molecule has 0 bridgehead atoms. The van der Waals surface area contributed by atoms with Gasteiger partial charge in [-0.25, -0.2) is 9.37 Å². The number of fused-ring (bicyclic) bond motifs is 1. The molecular formula is C19H16FN3O3. The summed E-state index contributed by atoms with van der Waals surface area (Å²) in [6, 6.07) is 11.0. The molecule has 7 heteroatoms. The molecule has 1 aliphatic rings. The van der Waals surface area contributed by atoms with E-state index in [-0.39, 0.29) is 30.0 Å². The topological polar surface area (TPSA) is 84.2 Å². The normalized spacial score (nSPS) is 17.1. The fraction of sp³-hybridized carbons (Fsp3) is 0.211. The summed E-state index contributed by atoms with van der Waals surface area (Å²) < 4.78 is 18.8. The highest BCUT2D eigenvalue weighted by atomic mass is 19.1. The predicted octanol–water partition coefficient (Wildman–Crippen LogP) is 3.10. The Hall–Kier alpha value is -3.22. The second-order valence-electron chi connectivity index (χ2n) is 6.24. The lowest BCUT2D eigenvalue weighted by molar-refractivity contribution is -0.129. The van der Waals surface area contributed by atoms with Crippen molar-refractivity contribution in [3.8, 4) is 11.5 Å². The molecule has 1 aromatic heterocycles. The molecule has 3 aromatic rings. The molecule has 1 saturated heterocycles. The predicted molar refractivity (Wildman–Crippen MR) is 93.8 cm³/mol. The zero-order chi connectivity index (χ0) is 18.1. The summed E-state index contributed by atoms with van der Waals surface area (Å²) in [5.74, 6) is -0.564. The minimum atomic E-state index is -0.330. The smallest absolute Gasteiger partial charge is 0.228 e. The molecule has 0 radical (unpaired) electrons. The molecule has 1 fully saturated rings. The number of halogens is 1. The van der Waals surface area contributed by atoms with Gasteiger partial charge < -0.3 is 15.1 Å². The molecule has 0 saturated carbocycles. The van der Waals surface area contributed by atoms with Gasteiger partial charge in [-0.3, -0.25) is 9.59 Å². The van der Waals surface area contributed by atoms with Crippen molar-refractivity contribution in [2.24, 2.45) is 5.92 Å². The molecule has 6 nitrogen and oxygen atoms in total. The largest absolute Gasteiger partial charge is 0.436 e. The Morgan fingerprint density at radius 2 is 2.04 bits per heavy atom. The molecule has 132 valence electrons. The Morgan fingerprint density at radius 1 is 1.23 bits per heavy atom. The maximum atomic E-state index is 13.0. The number of piperidine rings is 1. The number of carbonyl (C=O) groups is 2. The van der Waals surface area contributed by atoms with Gasteiger partial charge in [0.1, 0.15) is 11.3 Å². The van der Waals surface area contributed by atoms with Crippen LogP contribution in [0.5, 0.6) is 0 Å². The molecule has 0 spiro atoms. The van der Waals surface area contributed by atoms with Gasteiger partial charge in [0.25, 0.3) is 0 Å². The summed E-state index contributed by atoms with van der Waals surface area (Å²) in [6.07, 6.45) is 0.821. The van der Waals surface area contributed by atoms with E-state index in [0.29, 0.717) is 41.2 Å². The number of oxazole rings is 1. The van der Waals surface area contributed by atoms with Crippen molar-refractivity contribution in [2.75, 3.05) is 11.9 Å². The number of hydrogen-bond donors (Lipinski definition) is 2. The Kier molecular flexibility index (Phi) is 4.12. The van der Waals surface area contributed by atoms with Crippen LogP contribution in [0.1, 0.15) is 12.8 Å². The standard InChI is InChI=1S/C19H16FN3O3/c20-13-3-1-11(2-4-13)19-23-15-6-5-14(10-16(15)26-19)22-18(25)12-7-8-21-17(24)9-12/h1-6,10,12H,7-9H2,(H,21,24)(H,22,25). The summed E-state index contributed by atoms with van der Waals surface area (Å²) in [6.45, 7) is 0.513. The Labute approximate surface area is 148 Å². The monoisotopic (exact) mass is 353 g/mol. The molecule has 2 heterocycles. The van der Waals surface area contributed by atoms with Gasteiger partial charge in [-0.05, 0) is 42.8 Å². The van der Waals surface area contributed by atoms with Crippen molar-refractivity contribution >= 4 is 28.6 Å². The van der Waals surface area contributed by atoms with E-state index in [1.54, 1.807) is 30.3 Å². The van der Waals surface area contributed by atoms with E-state index in [1.165, 1.54) is 12.1 Å². The molecular weight excluding hydrogens is 337 g/mol. The van der Waals surface area contributed by atoms with Gasteiger partial charge in [0.2, 0.25) is 17.7 Å². The first-order valence-electron chi connectivity index (χ1n) is 8.32. The maximum Gasteiger partial charge on any atom is 0.228 e. The number of amides is 2. The molecule has 2 amide bonds. The number of rotatable bonds is 3. The summed E-state index contributed by atoms with van der Waals surface area (Å²) in [4.78, 5) is 28.1. The van der Waals surface area contributed by atoms with Gasteiger partial charge in [0, 0.05) is 36.2 Å². The Balaban J connectivity index is 1.54. The number of aromatic nitrogens is 1. The summed E-state index contributed by atoms with van der Waals surface area (Å²) >= 11 is 0. The summed E-state index contributed by atoms with van der Waals surface area (Å²) in [5, 5.41) is 5.54. The second kappa shape index (κ2) is 6.59. The van der Waals surface area contributed by atoms with Crippen LogP contribution in [0.2, 0.25) is 0 Å². The Morgan fingerprint density at radius 3 is 2.81 bits per heavy atom. The van der Waals surface area contributed by atoms with Crippen molar-refractivity contribution in [1.29, 1.82) is 0 Å². The van der Waals surface area contributed by atoms with E-state index in [9.17, 15) is 14.0 Å². The highest BCUT2D eigenvalue weighted by Crippen LogP contribution is 2.27. The maximum absolute atomic E-state index is 13.0.